The van der Waals surface area contributed by atoms with E-state index in [0.717, 1.165) is 16.9 Å². The van der Waals surface area contributed by atoms with Crippen molar-refractivity contribution < 1.29 is 13.5 Å². The molecule has 5 aromatic rings. The number of imidazole rings is 1. The monoisotopic (exact) mass is 430 g/mol. The summed E-state index contributed by atoms with van der Waals surface area (Å²) in [5.74, 6) is 1.26. The van der Waals surface area contributed by atoms with Crippen LogP contribution in [0.5, 0.6) is 5.75 Å². The molecule has 5 rings (SSSR count). The van der Waals surface area contributed by atoms with Crippen LogP contribution in [0.25, 0.3) is 33.8 Å². The first-order valence-corrected chi connectivity index (χ1v) is 9.69. The Hall–Kier alpha value is -4.40. The van der Waals surface area contributed by atoms with E-state index in [-0.39, 0.29) is 5.75 Å². The number of alkyl halides is 2. The van der Waals surface area contributed by atoms with E-state index < -0.39 is 6.61 Å². The third-order valence-corrected chi connectivity index (χ3v) is 4.67. The molecule has 0 saturated heterocycles. The SMILES string of the molecule is FC(F)Oc1ccc2nc(-c3cccc(Nc4cnc(-c5ccccn5)cn4)c3)[nH]c2c1. The molecule has 0 unspecified atom stereocenters. The molecule has 0 saturated carbocycles. The van der Waals surface area contributed by atoms with E-state index in [0.29, 0.717) is 28.4 Å². The van der Waals surface area contributed by atoms with Crippen LogP contribution in [-0.4, -0.2) is 31.5 Å². The fraction of sp³-hybridized carbons (Fsp3) is 0.0435. The van der Waals surface area contributed by atoms with E-state index in [1.165, 1.54) is 12.1 Å². The van der Waals surface area contributed by atoms with Crippen molar-refractivity contribution in [1.29, 1.82) is 0 Å². The van der Waals surface area contributed by atoms with Crippen LogP contribution in [-0.2, 0) is 0 Å². The molecule has 0 fully saturated rings. The number of H-pyrrole nitrogens is 1. The lowest BCUT2D eigenvalue weighted by molar-refractivity contribution is -0.0497. The van der Waals surface area contributed by atoms with Crippen molar-refractivity contribution in [2.75, 3.05) is 5.32 Å². The van der Waals surface area contributed by atoms with E-state index in [1.54, 1.807) is 24.7 Å². The van der Waals surface area contributed by atoms with Gasteiger partial charge in [0.2, 0.25) is 0 Å². The molecule has 0 atom stereocenters. The minimum atomic E-state index is -2.88. The normalized spacial score (nSPS) is 11.1. The van der Waals surface area contributed by atoms with Gasteiger partial charge in [-0.05, 0) is 36.4 Å². The van der Waals surface area contributed by atoms with E-state index in [9.17, 15) is 8.78 Å². The van der Waals surface area contributed by atoms with Crippen molar-refractivity contribution >= 4 is 22.5 Å². The lowest BCUT2D eigenvalue weighted by atomic mass is 10.2. The summed E-state index contributed by atoms with van der Waals surface area (Å²) in [6.07, 6.45) is 5.01. The lowest BCUT2D eigenvalue weighted by Gasteiger charge is -2.07. The highest BCUT2D eigenvalue weighted by atomic mass is 19.3. The molecule has 0 aliphatic rings. The third-order valence-electron chi connectivity index (χ3n) is 4.67. The minimum Gasteiger partial charge on any atom is -0.435 e. The summed E-state index contributed by atoms with van der Waals surface area (Å²) >= 11 is 0. The highest BCUT2D eigenvalue weighted by molar-refractivity contribution is 5.81. The van der Waals surface area contributed by atoms with Gasteiger partial charge in [0.25, 0.3) is 0 Å². The Morgan fingerprint density at radius 2 is 1.81 bits per heavy atom. The van der Waals surface area contributed by atoms with Crippen LogP contribution >= 0.6 is 0 Å². The standard InChI is InChI=1S/C23H16F2N6O/c24-23(25)32-16-7-8-18-19(11-16)31-22(30-18)14-4-3-5-15(10-14)29-21-13-27-20(12-28-21)17-6-1-2-9-26-17/h1-13,23H,(H,28,29)(H,30,31). The molecule has 3 heterocycles. The highest BCUT2D eigenvalue weighted by Gasteiger charge is 2.10. The summed E-state index contributed by atoms with van der Waals surface area (Å²) in [6.45, 7) is -2.88. The van der Waals surface area contributed by atoms with Gasteiger partial charge in [-0.1, -0.05) is 18.2 Å². The van der Waals surface area contributed by atoms with Gasteiger partial charge < -0.3 is 15.0 Å². The van der Waals surface area contributed by atoms with Crippen molar-refractivity contribution in [3.05, 3.63) is 79.3 Å². The molecule has 158 valence electrons. The Kier molecular flexibility index (Phi) is 5.12. The maximum Gasteiger partial charge on any atom is 0.387 e. The van der Waals surface area contributed by atoms with Crippen LogP contribution < -0.4 is 10.1 Å². The molecule has 2 N–H and O–H groups in total. The second-order valence-corrected chi connectivity index (χ2v) is 6.85. The van der Waals surface area contributed by atoms with Crippen molar-refractivity contribution in [3.8, 4) is 28.5 Å². The third kappa shape index (κ3) is 4.22. The number of fused-ring (bicyclic) bond motifs is 1. The van der Waals surface area contributed by atoms with Gasteiger partial charge in [0, 0.05) is 23.5 Å². The van der Waals surface area contributed by atoms with Gasteiger partial charge >= 0.3 is 6.61 Å². The van der Waals surface area contributed by atoms with E-state index in [1.807, 2.05) is 42.5 Å². The maximum absolute atomic E-state index is 12.5. The van der Waals surface area contributed by atoms with E-state index in [2.05, 4.69) is 35.0 Å². The molecular formula is C23H16F2N6O. The van der Waals surface area contributed by atoms with Crippen LogP contribution in [0.2, 0.25) is 0 Å². The second kappa shape index (κ2) is 8.38. The number of anilines is 2. The van der Waals surface area contributed by atoms with Crippen LogP contribution in [0.4, 0.5) is 20.3 Å². The first kappa shape index (κ1) is 19.6. The Bertz CT molecular complexity index is 1360. The average molecular weight is 430 g/mol. The first-order valence-electron chi connectivity index (χ1n) is 9.69. The number of aromatic amines is 1. The molecule has 9 heteroatoms. The summed E-state index contributed by atoms with van der Waals surface area (Å²) in [7, 11) is 0. The van der Waals surface area contributed by atoms with Crippen LogP contribution in [0, 0.1) is 0 Å². The number of aromatic nitrogens is 5. The van der Waals surface area contributed by atoms with Crippen molar-refractivity contribution in [3.63, 3.8) is 0 Å². The molecule has 32 heavy (non-hydrogen) atoms. The van der Waals surface area contributed by atoms with Crippen LogP contribution in [0.1, 0.15) is 0 Å². The molecule has 0 aliphatic carbocycles. The molecule has 0 bridgehead atoms. The van der Waals surface area contributed by atoms with Crippen molar-refractivity contribution in [2.24, 2.45) is 0 Å². The fourth-order valence-electron chi connectivity index (χ4n) is 3.23. The lowest BCUT2D eigenvalue weighted by Crippen LogP contribution is -2.01. The maximum atomic E-state index is 12.5. The van der Waals surface area contributed by atoms with Gasteiger partial charge in [-0.3, -0.25) is 4.98 Å². The number of rotatable bonds is 6. The van der Waals surface area contributed by atoms with Gasteiger partial charge in [-0.2, -0.15) is 8.78 Å². The molecule has 0 radical (unpaired) electrons. The topological polar surface area (TPSA) is 88.6 Å². The first-order chi connectivity index (χ1) is 15.6. The van der Waals surface area contributed by atoms with Gasteiger partial charge in [-0.25, -0.2) is 15.0 Å². The number of ether oxygens (including phenoxy) is 1. The zero-order chi connectivity index (χ0) is 21.9. The quantitative estimate of drug-likeness (QED) is 0.374. The zero-order valence-corrected chi connectivity index (χ0v) is 16.5. The molecule has 0 aliphatic heterocycles. The van der Waals surface area contributed by atoms with Crippen molar-refractivity contribution in [2.45, 2.75) is 6.61 Å². The van der Waals surface area contributed by atoms with Crippen LogP contribution in [0.3, 0.4) is 0 Å². The molecule has 0 amide bonds. The number of hydrogen-bond acceptors (Lipinski definition) is 6. The summed E-state index contributed by atoms with van der Waals surface area (Å²) in [5.41, 5.74) is 4.30. The smallest absolute Gasteiger partial charge is 0.387 e. The Balaban J connectivity index is 1.36. The summed E-state index contributed by atoms with van der Waals surface area (Å²) in [6, 6.07) is 17.8. The van der Waals surface area contributed by atoms with Gasteiger partial charge in [-0.15, -0.1) is 0 Å². The van der Waals surface area contributed by atoms with Crippen molar-refractivity contribution in [1.82, 2.24) is 24.9 Å². The number of pyridine rings is 1. The predicted molar refractivity (Wildman–Crippen MR) is 117 cm³/mol. The second-order valence-electron chi connectivity index (χ2n) is 6.85. The number of nitrogens with zero attached hydrogens (tertiary/aromatic N) is 4. The minimum absolute atomic E-state index is 0.0749. The number of benzene rings is 2. The Labute approximate surface area is 181 Å². The van der Waals surface area contributed by atoms with Gasteiger partial charge in [0.05, 0.1) is 29.1 Å². The molecule has 2 aromatic carbocycles. The number of hydrogen-bond donors (Lipinski definition) is 2. The zero-order valence-electron chi connectivity index (χ0n) is 16.5. The Morgan fingerprint density at radius 3 is 2.59 bits per heavy atom. The van der Waals surface area contributed by atoms with Gasteiger partial charge in [0.1, 0.15) is 23.1 Å². The Morgan fingerprint density at radius 1 is 0.875 bits per heavy atom. The molecule has 0 spiro atoms. The summed E-state index contributed by atoms with van der Waals surface area (Å²) < 4.78 is 29.4. The summed E-state index contributed by atoms with van der Waals surface area (Å²) in [4.78, 5) is 20.8. The average Bonchev–Trinajstić information content (AvgIpc) is 3.24. The highest BCUT2D eigenvalue weighted by Crippen LogP contribution is 2.27. The van der Waals surface area contributed by atoms with E-state index >= 15 is 0 Å². The fourth-order valence-corrected chi connectivity index (χ4v) is 3.23. The van der Waals surface area contributed by atoms with Gasteiger partial charge in [0.15, 0.2) is 0 Å². The number of nitrogens with one attached hydrogen (secondary N) is 2. The molecule has 7 nitrogen and oxygen atoms in total. The summed E-state index contributed by atoms with van der Waals surface area (Å²) in [5, 5.41) is 3.22. The predicted octanol–water partition coefficient (Wildman–Crippen LogP) is 5.43. The largest absolute Gasteiger partial charge is 0.435 e. The number of halogens is 2. The van der Waals surface area contributed by atoms with Crippen LogP contribution in [0.15, 0.2) is 79.3 Å². The molecular weight excluding hydrogens is 414 g/mol. The van der Waals surface area contributed by atoms with E-state index in [4.69, 9.17) is 0 Å². The molecule has 3 aromatic heterocycles.